The van der Waals surface area contributed by atoms with Gasteiger partial charge in [-0.1, -0.05) is 155 Å². The van der Waals surface area contributed by atoms with E-state index in [0.29, 0.717) is 0 Å². The van der Waals surface area contributed by atoms with Gasteiger partial charge in [-0.3, -0.25) is 0 Å². The summed E-state index contributed by atoms with van der Waals surface area (Å²) in [5.74, 6) is 0. The molecular weight excluding hydrogens is 492 g/mol. The molecule has 0 aromatic heterocycles. The molecule has 0 fully saturated rings. The average Bonchev–Trinajstić information content (AvgIpc) is 2.92. The number of rotatable bonds is 33. The summed E-state index contributed by atoms with van der Waals surface area (Å²) >= 11 is 0. The van der Waals surface area contributed by atoms with Crippen LogP contribution < -0.4 is 0 Å². The van der Waals surface area contributed by atoms with E-state index in [1.165, 1.54) is 154 Å². The van der Waals surface area contributed by atoms with Gasteiger partial charge in [-0.25, -0.2) is 0 Å². The fraction of sp³-hybridized carbons (Fsp3) is 1.00. The van der Waals surface area contributed by atoms with Crippen LogP contribution in [0.4, 0.5) is 0 Å². The van der Waals surface area contributed by atoms with Gasteiger partial charge in [0.1, 0.15) is 0 Å². The molecule has 2 N–H and O–H groups in total. The topological polar surface area (TPSA) is 46.9 Å². The highest BCUT2D eigenvalue weighted by Crippen LogP contribution is 2.14. The fourth-order valence-corrected chi connectivity index (χ4v) is 5.94. The molecule has 0 bridgehead atoms. The van der Waals surface area contributed by atoms with E-state index in [1.807, 2.05) is 0 Å². The zero-order valence-electron chi connectivity index (χ0n) is 28.2. The minimum atomic E-state index is -0.167. The summed E-state index contributed by atoms with van der Waals surface area (Å²) in [5.41, 5.74) is 0. The number of hydrogen-bond acceptors (Lipinski definition) is 4. The Labute approximate surface area is 253 Å². The van der Waals surface area contributed by atoms with Gasteiger partial charge in [0.2, 0.25) is 0 Å². The van der Waals surface area contributed by atoms with Gasteiger partial charge < -0.3 is 20.0 Å². The minimum Gasteiger partial charge on any atom is -0.392 e. The third-order valence-corrected chi connectivity index (χ3v) is 8.66. The van der Waals surface area contributed by atoms with Gasteiger partial charge in [0.15, 0.2) is 0 Å². The molecule has 0 rings (SSSR count). The molecule has 0 heterocycles. The van der Waals surface area contributed by atoms with Gasteiger partial charge in [0, 0.05) is 13.1 Å². The number of nitrogens with zero attached hydrogens (tertiary/aromatic N) is 2. The summed E-state index contributed by atoms with van der Waals surface area (Å²) in [4.78, 5) is 4.63. The van der Waals surface area contributed by atoms with Crippen LogP contribution in [0.2, 0.25) is 0 Å². The lowest BCUT2D eigenvalue weighted by Gasteiger charge is -2.21. The van der Waals surface area contributed by atoms with E-state index >= 15 is 0 Å². The quantitative estimate of drug-likeness (QED) is 0.0774. The fourth-order valence-electron chi connectivity index (χ4n) is 5.94. The number of aliphatic hydroxyl groups excluding tert-OH is 2. The molecule has 0 amide bonds. The lowest BCUT2D eigenvalue weighted by Crippen LogP contribution is -2.30. The van der Waals surface area contributed by atoms with Crippen molar-refractivity contribution in [1.29, 1.82) is 0 Å². The van der Waals surface area contributed by atoms with E-state index < -0.39 is 0 Å². The monoisotopic (exact) mass is 569 g/mol. The van der Waals surface area contributed by atoms with Crippen molar-refractivity contribution in [3.8, 4) is 0 Å². The Morgan fingerprint density at radius 1 is 0.375 bits per heavy atom. The van der Waals surface area contributed by atoms with Crippen molar-refractivity contribution in [3.05, 3.63) is 0 Å². The van der Waals surface area contributed by atoms with Crippen molar-refractivity contribution in [2.75, 3.05) is 40.3 Å². The molecule has 0 aliphatic carbocycles. The van der Waals surface area contributed by atoms with E-state index in [4.69, 9.17) is 0 Å². The predicted octanol–water partition coefficient (Wildman–Crippen LogP) is 9.75. The first-order valence-electron chi connectivity index (χ1n) is 18.2. The molecule has 0 aliphatic heterocycles. The highest BCUT2D eigenvalue weighted by molar-refractivity contribution is 4.64. The van der Waals surface area contributed by atoms with Crippen LogP contribution in [-0.2, 0) is 0 Å². The molecule has 40 heavy (non-hydrogen) atoms. The molecule has 0 saturated heterocycles. The number of likely N-dealkylation sites (N-methyl/N-ethyl adjacent to an activating group) is 2. The maximum atomic E-state index is 10.4. The summed E-state index contributed by atoms with van der Waals surface area (Å²) in [6, 6.07) is 0. The third kappa shape index (κ3) is 30.8. The van der Waals surface area contributed by atoms with Crippen LogP contribution in [0.15, 0.2) is 0 Å². The highest BCUT2D eigenvalue weighted by atomic mass is 16.3. The average molecular weight is 569 g/mol. The Bertz CT molecular complexity index is 434. The van der Waals surface area contributed by atoms with Gasteiger partial charge in [-0.2, -0.15) is 0 Å². The largest absolute Gasteiger partial charge is 0.392 e. The van der Waals surface area contributed by atoms with E-state index in [9.17, 15) is 10.2 Å². The van der Waals surface area contributed by atoms with Crippen molar-refractivity contribution < 1.29 is 10.2 Å². The first-order valence-corrected chi connectivity index (χ1v) is 18.2. The maximum Gasteiger partial charge on any atom is 0.0667 e. The van der Waals surface area contributed by atoms with Crippen molar-refractivity contribution in [3.63, 3.8) is 0 Å². The Kier molecular flexibility index (Phi) is 31.6. The Hall–Kier alpha value is -0.160. The molecule has 2 atom stereocenters. The Morgan fingerprint density at radius 2 is 0.625 bits per heavy atom. The molecule has 2 unspecified atom stereocenters. The zero-order chi connectivity index (χ0) is 29.5. The van der Waals surface area contributed by atoms with E-state index in [0.717, 1.165) is 39.0 Å². The van der Waals surface area contributed by atoms with E-state index in [-0.39, 0.29) is 12.2 Å². The summed E-state index contributed by atoms with van der Waals surface area (Å²) in [7, 11) is 4.32. The van der Waals surface area contributed by atoms with Crippen molar-refractivity contribution >= 4 is 0 Å². The Balaban J connectivity index is 3.47. The molecule has 4 heteroatoms. The highest BCUT2D eigenvalue weighted by Gasteiger charge is 2.09. The molecule has 242 valence electrons. The summed E-state index contributed by atoms with van der Waals surface area (Å²) in [6.45, 7) is 8.36. The van der Waals surface area contributed by atoms with Crippen LogP contribution in [0.1, 0.15) is 181 Å². The standard InChI is InChI=1S/C36H76N2O2/c1-5-7-9-11-13-15-17-19-21-25-29-35(39)33-37(3)31-27-23-24-28-32-38(4)34-36(40)30-26-22-20-18-16-14-12-10-8-6-2/h35-36,39-40H,5-34H2,1-4H3. The zero-order valence-corrected chi connectivity index (χ0v) is 28.2. The molecule has 0 saturated carbocycles. The smallest absolute Gasteiger partial charge is 0.0667 e. The van der Waals surface area contributed by atoms with E-state index in [2.05, 4.69) is 37.7 Å². The third-order valence-electron chi connectivity index (χ3n) is 8.66. The lowest BCUT2D eigenvalue weighted by atomic mass is 10.0. The summed E-state index contributed by atoms with van der Waals surface area (Å²) in [6.07, 6.45) is 33.6. The van der Waals surface area contributed by atoms with Gasteiger partial charge in [0.25, 0.3) is 0 Å². The second-order valence-corrected chi connectivity index (χ2v) is 13.2. The lowest BCUT2D eigenvalue weighted by molar-refractivity contribution is 0.112. The molecular formula is C36H76N2O2. The first-order chi connectivity index (χ1) is 19.5. The van der Waals surface area contributed by atoms with Crippen molar-refractivity contribution in [1.82, 2.24) is 9.80 Å². The maximum absolute atomic E-state index is 10.4. The normalized spacial score (nSPS) is 13.5. The number of aliphatic hydroxyl groups is 2. The van der Waals surface area contributed by atoms with Gasteiger partial charge in [-0.05, 0) is 52.9 Å². The van der Waals surface area contributed by atoms with Crippen LogP contribution in [0.5, 0.6) is 0 Å². The summed E-state index contributed by atoms with van der Waals surface area (Å²) in [5, 5.41) is 20.8. The molecule has 0 aromatic rings. The molecule has 4 nitrogen and oxygen atoms in total. The number of unbranched alkanes of at least 4 members (excludes halogenated alkanes) is 21. The van der Waals surface area contributed by atoms with Crippen LogP contribution in [0.3, 0.4) is 0 Å². The molecule has 0 radical (unpaired) electrons. The SMILES string of the molecule is CCCCCCCCCCCCC(O)CN(C)CCCCCCN(C)CC(O)CCCCCCCCCCCC. The van der Waals surface area contributed by atoms with Crippen molar-refractivity contribution in [2.24, 2.45) is 0 Å². The predicted molar refractivity (Wildman–Crippen MR) is 178 cm³/mol. The van der Waals surface area contributed by atoms with Crippen molar-refractivity contribution in [2.45, 2.75) is 193 Å². The molecule has 0 aromatic carbocycles. The molecule has 0 aliphatic rings. The van der Waals surface area contributed by atoms with Gasteiger partial charge in [0.05, 0.1) is 12.2 Å². The van der Waals surface area contributed by atoms with Gasteiger partial charge in [-0.15, -0.1) is 0 Å². The minimum absolute atomic E-state index is 0.167. The first kappa shape index (κ1) is 39.8. The number of hydrogen-bond donors (Lipinski definition) is 2. The van der Waals surface area contributed by atoms with Gasteiger partial charge >= 0.3 is 0 Å². The van der Waals surface area contributed by atoms with Crippen LogP contribution in [-0.4, -0.2) is 72.5 Å². The van der Waals surface area contributed by atoms with Crippen LogP contribution in [0.25, 0.3) is 0 Å². The van der Waals surface area contributed by atoms with Crippen LogP contribution >= 0.6 is 0 Å². The second kappa shape index (κ2) is 31.8. The Morgan fingerprint density at radius 3 is 0.925 bits per heavy atom. The van der Waals surface area contributed by atoms with Crippen LogP contribution in [0, 0.1) is 0 Å². The molecule has 0 spiro atoms. The van der Waals surface area contributed by atoms with E-state index in [1.54, 1.807) is 0 Å². The summed E-state index contributed by atoms with van der Waals surface area (Å²) < 4.78 is 0. The second-order valence-electron chi connectivity index (χ2n) is 13.2.